The molecule has 0 unspecified atom stereocenters. The van der Waals surface area contributed by atoms with Crippen molar-refractivity contribution in [3.63, 3.8) is 0 Å². The van der Waals surface area contributed by atoms with Crippen LogP contribution >= 0.6 is 0 Å². The van der Waals surface area contributed by atoms with Gasteiger partial charge in [0, 0.05) is 24.3 Å². The number of methoxy groups -OCH3 is 1. The molecule has 11 nitrogen and oxygen atoms in total. The molecular formula is C23H31N4O7+. The summed E-state index contributed by atoms with van der Waals surface area (Å²) in [4.78, 5) is 11.5. The number of nitrogens with zero attached hydrogens (tertiary/aromatic N) is 3. The fraction of sp³-hybridized carbons (Fsp3) is 0.478. The van der Waals surface area contributed by atoms with Gasteiger partial charge < -0.3 is 23.7 Å². The average Bonchev–Trinajstić information content (AvgIpc) is 2.87. The van der Waals surface area contributed by atoms with Gasteiger partial charge in [-0.2, -0.15) is 10.2 Å². The van der Waals surface area contributed by atoms with E-state index in [1.807, 2.05) is 18.2 Å². The predicted molar refractivity (Wildman–Crippen MR) is 124 cm³/mol. The van der Waals surface area contributed by atoms with Crippen molar-refractivity contribution in [3.05, 3.63) is 52.6 Å². The molecule has 1 heterocycles. The van der Waals surface area contributed by atoms with Crippen LogP contribution < -0.4 is 9.64 Å². The summed E-state index contributed by atoms with van der Waals surface area (Å²) < 4.78 is 28.0. The number of quaternary nitrogens is 1. The third-order valence-electron chi connectivity index (χ3n) is 5.12. The molecule has 0 bridgehead atoms. The lowest BCUT2D eigenvalue weighted by Crippen LogP contribution is -3.08. The Hall–Kier alpha value is -2.96. The van der Waals surface area contributed by atoms with Crippen LogP contribution in [-0.4, -0.2) is 78.0 Å². The van der Waals surface area contributed by atoms with Crippen LogP contribution in [-0.2, 0) is 18.9 Å². The summed E-state index contributed by atoms with van der Waals surface area (Å²) in [7, 11) is 1.62. The summed E-state index contributed by atoms with van der Waals surface area (Å²) in [5, 5.41) is 19.2. The molecule has 0 aliphatic carbocycles. The third kappa shape index (κ3) is 8.43. The van der Waals surface area contributed by atoms with E-state index in [2.05, 4.69) is 10.2 Å². The number of hydrogen-bond donors (Lipinski definition) is 1. The van der Waals surface area contributed by atoms with Gasteiger partial charge in [0.1, 0.15) is 13.1 Å². The summed E-state index contributed by atoms with van der Waals surface area (Å²) >= 11 is 0. The van der Waals surface area contributed by atoms with E-state index in [9.17, 15) is 10.1 Å². The van der Waals surface area contributed by atoms with E-state index in [1.54, 1.807) is 19.2 Å². The number of azo groups is 1. The first-order valence-corrected chi connectivity index (χ1v) is 11.2. The van der Waals surface area contributed by atoms with Crippen molar-refractivity contribution in [2.75, 3.05) is 73.1 Å². The Balaban J connectivity index is 1.68. The molecule has 0 aromatic heterocycles. The van der Waals surface area contributed by atoms with Crippen LogP contribution in [0.4, 0.5) is 22.7 Å². The highest BCUT2D eigenvalue weighted by molar-refractivity contribution is 5.55. The van der Waals surface area contributed by atoms with Crippen molar-refractivity contribution in [2.45, 2.75) is 0 Å². The molecule has 2 aromatic rings. The first-order valence-electron chi connectivity index (χ1n) is 11.2. The lowest BCUT2D eigenvalue weighted by atomic mass is 10.2. The molecule has 0 amide bonds. The minimum atomic E-state index is -0.452. The van der Waals surface area contributed by atoms with E-state index in [0.29, 0.717) is 70.0 Å². The van der Waals surface area contributed by atoms with Crippen LogP contribution in [0.2, 0.25) is 0 Å². The quantitative estimate of drug-likeness (QED) is 0.401. The monoisotopic (exact) mass is 475 g/mol. The normalized spacial score (nSPS) is 17.7. The number of benzene rings is 2. The maximum atomic E-state index is 10.8. The Bertz CT molecular complexity index is 908. The first-order chi connectivity index (χ1) is 16.7. The van der Waals surface area contributed by atoms with Gasteiger partial charge in [-0.3, -0.25) is 15.0 Å². The van der Waals surface area contributed by atoms with E-state index in [-0.39, 0.29) is 5.69 Å². The van der Waals surface area contributed by atoms with Crippen LogP contribution in [0, 0.1) is 10.1 Å². The Kier molecular flexibility index (Phi) is 10.8. The second kappa shape index (κ2) is 14.3. The van der Waals surface area contributed by atoms with Crippen LogP contribution in [0.3, 0.4) is 0 Å². The predicted octanol–water partition coefficient (Wildman–Crippen LogP) is 2.62. The minimum Gasteiger partial charge on any atom is -0.491 e. The number of hydrogen-bond acceptors (Lipinski definition) is 9. The summed E-state index contributed by atoms with van der Waals surface area (Å²) in [5.41, 5.74) is 2.11. The molecule has 34 heavy (non-hydrogen) atoms. The van der Waals surface area contributed by atoms with Crippen LogP contribution in [0.25, 0.3) is 0 Å². The zero-order valence-corrected chi connectivity index (χ0v) is 19.3. The van der Waals surface area contributed by atoms with Gasteiger partial charge in [-0.05, 0) is 18.2 Å². The smallest absolute Gasteiger partial charge is 0.269 e. The zero-order chi connectivity index (χ0) is 24.0. The molecule has 1 aliphatic rings. The van der Waals surface area contributed by atoms with E-state index in [0.717, 1.165) is 23.7 Å². The zero-order valence-electron chi connectivity index (χ0n) is 19.3. The first kappa shape index (κ1) is 25.7. The van der Waals surface area contributed by atoms with Gasteiger partial charge in [-0.1, -0.05) is 0 Å². The fourth-order valence-corrected chi connectivity index (χ4v) is 3.34. The number of rotatable bonds is 5. The topological polar surface area (TPSA) is 118 Å². The molecule has 1 N–H and O–H groups in total. The number of non-ortho nitro benzene ring substituents is 1. The fourth-order valence-electron chi connectivity index (χ4n) is 3.34. The van der Waals surface area contributed by atoms with Gasteiger partial charge in [-0.15, -0.1) is 0 Å². The summed E-state index contributed by atoms with van der Waals surface area (Å²) in [6.45, 7) is 5.84. The molecule has 11 heteroatoms. The molecule has 0 spiro atoms. The summed E-state index contributed by atoms with van der Waals surface area (Å²) in [6, 6.07) is 11.5. The van der Waals surface area contributed by atoms with Gasteiger partial charge in [0.15, 0.2) is 11.4 Å². The maximum Gasteiger partial charge on any atom is 0.269 e. The van der Waals surface area contributed by atoms with Gasteiger partial charge in [0.05, 0.1) is 76.3 Å². The molecule has 0 atom stereocenters. The second-order valence-corrected chi connectivity index (χ2v) is 7.41. The van der Waals surface area contributed by atoms with Crippen LogP contribution in [0.1, 0.15) is 0 Å². The molecule has 0 radical (unpaired) electrons. The van der Waals surface area contributed by atoms with Crippen molar-refractivity contribution in [3.8, 4) is 5.75 Å². The molecule has 2 aromatic carbocycles. The van der Waals surface area contributed by atoms with E-state index >= 15 is 0 Å². The minimum absolute atomic E-state index is 0.00812. The largest absolute Gasteiger partial charge is 0.491 e. The van der Waals surface area contributed by atoms with Crippen LogP contribution in [0.15, 0.2) is 52.7 Å². The number of nitro groups is 1. The van der Waals surface area contributed by atoms with E-state index in [4.69, 9.17) is 23.7 Å². The Morgan fingerprint density at radius 1 is 0.794 bits per heavy atom. The Labute approximate surface area is 198 Å². The Morgan fingerprint density at radius 3 is 1.82 bits per heavy atom. The number of nitro benzene ring substituents is 1. The molecule has 0 saturated carbocycles. The van der Waals surface area contributed by atoms with Crippen molar-refractivity contribution in [1.82, 2.24) is 0 Å². The lowest BCUT2D eigenvalue weighted by molar-refractivity contribution is -0.834. The standard InChI is InChI=1S/C23H30N4O7/c1-30-23-18-20(25-24-19-2-5-21(6-3-19)27(28)29)4-7-22(23)26-8-10-31-12-14-33-16-17-34-15-13-32-11-9-26/h2-7,18H,8-17H2,1H3/p+1. The molecule has 1 saturated heterocycles. The molecule has 1 aliphatic heterocycles. The van der Waals surface area contributed by atoms with Gasteiger partial charge in [-0.25, -0.2) is 0 Å². The molecule has 3 rings (SSSR count). The van der Waals surface area contributed by atoms with Gasteiger partial charge in [0.25, 0.3) is 5.69 Å². The third-order valence-corrected chi connectivity index (χ3v) is 5.12. The van der Waals surface area contributed by atoms with Gasteiger partial charge in [0.2, 0.25) is 0 Å². The maximum absolute atomic E-state index is 10.8. The highest BCUT2D eigenvalue weighted by Crippen LogP contribution is 2.28. The number of nitrogens with one attached hydrogen (secondary N) is 1. The molecular weight excluding hydrogens is 444 g/mol. The van der Waals surface area contributed by atoms with Crippen LogP contribution in [0.5, 0.6) is 5.75 Å². The highest BCUT2D eigenvalue weighted by atomic mass is 16.6. The van der Waals surface area contributed by atoms with Crippen molar-refractivity contribution >= 4 is 22.7 Å². The average molecular weight is 476 g/mol. The van der Waals surface area contributed by atoms with Crippen molar-refractivity contribution in [2.24, 2.45) is 10.2 Å². The van der Waals surface area contributed by atoms with E-state index in [1.165, 1.54) is 12.1 Å². The summed E-state index contributed by atoms with van der Waals surface area (Å²) in [5.74, 6) is 0.680. The SMILES string of the molecule is COc1cc(N=Nc2ccc([N+](=O)[O-])cc2)ccc1[NH+]1CCOCCOCCOCCOCC1. The van der Waals surface area contributed by atoms with Crippen molar-refractivity contribution in [1.29, 1.82) is 0 Å². The Morgan fingerprint density at radius 2 is 1.29 bits per heavy atom. The number of ether oxygens (including phenoxy) is 5. The van der Waals surface area contributed by atoms with Gasteiger partial charge >= 0.3 is 0 Å². The molecule has 1 fully saturated rings. The molecule has 184 valence electrons. The summed E-state index contributed by atoms with van der Waals surface area (Å²) in [6.07, 6.45) is 0. The van der Waals surface area contributed by atoms with Crippen molar-refractivity contribution < 1.29 is 33.5 Å². The lowest BCUT2D eigenvalue weighted by Gasteiger charge is -2.21. The highest BCUT2D eigenvalue weighted by Gasteiger charge is 2.18. The second-order valence-electron chi connectivity index (χ2n) is 7.41. The van der Waals surface area contributed by atoms with E-state index < -0.39 is 4.92 Å².